The summed E-state index contributed by atoms with van der Waals surface area (Å²) in [6, 6.07) is 11.2. The molecule has 0 aliphatic carbocycles. The molecule has 3 nitrogen and oxygen atoms in total. The van der Waals surface area contributed by atoms with Crippen LogP contribution in [0, 0.1) is 0 Å². The van der Waals surface area contributed by atoms with Crippen LogP contribution >= 0.6 is 11.8 Å². The molecule has 0 amide bonds. The highest BCUT2D eigenvalue weighted by Crippen LogP contribution is 2.17. The van der Waals surface area contributed by atoms with Crippen molar-refractivity contribution in [3.05, 3.63) is 48.3 Å². The molecule has 0 radical (unpaired) electrons. The molecule has 1 aromatic heterocycles. The molecule has 1 atom stereocenters. The Morgan fingerprint density at radius 2 is 2.39 bits per heavy atom. The molecule has 2 heterocycles. The van der Waals surface area contributed by atoms with Crippen molar-refractivity contribution in [3.8, 4) is 5.69 Å². The van der Waals surface area contributed by atoms with Crippen molar-refractivity contribution in [1.82, 2.24) is 15.1 Å². The minimum Gasteiger partial charge on any atom is -0.309 e. The fourth-order valence-corrected chi connectivity index (χ4v) is 3.38. The lowest BCUT2D eigenvalue weighted by atomic mass is 10.2. The van der Waals surface area contributed by atoms with Gasteiger partial charge in [-0.2, -0.15) is 16.9 Å². The van der Waals surface area contributed by atoms with E-state index in [2.05, 4.69) is 34.7 Å². The smallest absolute Gasteiger partial charge is 0.0648 e. The number of hydrogen-bond donors (Lipinski definition) is 1. The van der Waals surface area contributed by atoms with E-state index in [4.69, 9.17) is 0 Å². The molecule has 0 spiro atoms. The molecule has 0 bridgehead atoms. The Balaban J connectivity index is 1.67. The van der Waals surface area contributed by atoms with Crippen LogP contribution in [0.1, 0.15) is 12.0 Å². The van der Waals surface area contributed by atoms with E-state index in [-0.39, 0.29) is 0 Å². The molecule has 94 valence electrons. The summed E-state index contributed by atoms with van der Waals surface area (Å²) >= 11 is 2.04. The van der Waals surface area contributed by atoms with Gasteiger partial charge in [0, 0.05) is 30.7 Å². The Hall–Kier alpha value is -1.26. The van der Waals surface area contributed by atoms with E-state index in [1.165, 1.54) is 23.5 Å². The molecule has 2 aromatic rings. The molecule has 1 aliphatic heterocycles. The third-order valence-electron chi connectivity index (χ3n) is 3.20. The fraction of sp³-hybridized carbons (Fsp3) is 0.357. The first-order valence-electron chi connectivity index (χ1n) is 6.32. The maximum atomic E-state index is 4.26. The highest BCUT2D eigenvalue weighted by atomic mass is 32.2. The van der Waals surface area contributed by atoms with Gasteiger partial charge in [-0.05, 0) is 35.9 Å². The zero-order chi connectivity index (χ0) is 12.2. The Morgan fingerprint density at radius 3 is 3.17 bits per heavy atom. The van der Waals surface area contributed by atoms with E-state index in [1.807, 2.05) is 28.7 Å². The average Bonchev–Trinajstić information content (AvgIpc) is 3.10. The fourth-order valence-electron chi connectivity index (χ4n) is 2.19. The van der Waals surface area contributed by atoms with Gasteiger partial charge >= 0.3 is 0 Å². The maximum Gasteiger partial charge on any atom is 0.0648 e. The summed E-state index contributed by atoms with van der Waals surface area (Å²) in [7, 11) is 0. The first-order valence-corrected chi connectivity index (χ1v) is 7.47. The molecule has 1 aliphatic rings. The summed E-state index contributed by atoms with van der Waals surface area (Å²) in [4.78, 5) is 0. The number of nitrogens with zero attached hydrogens (tertiary/aromatic N) is 2. The summed E-state index contributed by atoms with van der Waals surface area (Å²) < 4.78 is 1.90. The lowest BCUT2D eigenvalue weighted by Crippen LogP contribution is -2.27. The number of rotatable bonds is 4. The molecular formula is C14H17N3S. The lowest BCUT2D eigenvalue weighted by Gasteiger charge is -2.11. The van der Waals surface area contributed by atoms with E-state index in [9.17, 15) is 0 Å². The number of nitrogens with one attached hydrogen (secondary N) is 1. The van der Waals surface area contributed by atoms with Crippen LogP contribution in [0.15, 0.2) is 42.7 Å². The minimum atomic E-state index is 0.684. The number of thioether (sulfide) groups is 1. The van der Waals surface area contributed by atoms with E-state index >= 15 is 0 Å². The second-order valence-corrected chi connectivity index (χ2v) is 5.71. The zero-order valence-electron chi connectivity index (χ0n) is 10.2. The van der Waals surface area contributed by atoms with Gasteiger partial charge in [0.25, 0.3) is 0 Å². The molecule has 3 rings (SSSR count). The van der Waals surface area contributed by atoms with E-state index in [1.54, 1.807) is 6.20 Å². The van der Waals surface area contributed by atoms with Crippen LogP contribution in [0.3, 0.4) is 0 Å². The average molecular weight is 259 g/mol. The Kier molecular flexibility index (Phi) is 3.67. The van der Waals surface area contributed by atoms with Crippen molar-refractivity contribution < 1.29 is 0 Å². The summed E-state index contributed by atoms with van der Waals surface area (Å²) in [6.45, 7) is 0.945. The lowest BCUT2D eigenvalue weighted by molar-refractivity contribution is 0.558. The summed E-state index contributed by atoms with van der Waals surface area (Å²) in [5, 5.41) is 7.88. The molecule has 1 N–H and O–H groups in total. The van der Waals surface area contributed by atoms with Gasteiger partial charge in [0.15, 0.2) is 0 Å². The van der Waals surface area contributed by atoms with E-state index in [0.717, 1.165) is 12.2 Å². The van der Waals surface area contributed by atoms with Gasteiger partial charge in [-0.15, -0.1) is 0 Å². The van der Waals surface area contributed by atoms with Crippen molar-refractivity contribution in [2.24, 2.45) is 0 Å². The predicted molar refractivity (Wildman–Crippen MR) is 76.1 cm³/mol. The van der Waals surface area contributed by atoms with Crippen molar-refractivity contribution >= 4 is 11.8 Å². The van der Waals surface area contributed by atoms with Crippen molar-refractivity contribution in [2.75, 3.05) is 11.5 Å². The second-order valence-electron chi connectivity index (χ2n) is 4.56. The van der Waals surface area contributed by atoms with E-state index in [0.29, 0.717) is 6.04 Å². The molecule has 1 saturated heterocycles. The van der Waals surface area contributed by atoms with Crippen LogP contribution < -0.4 is 5.32 Å². The number of benzene rings is 1. The predicted octanol–water partition coefficient (Wildman–Crippen LogP) is 2.47. The van der Waals surface area contributed by atoms with Crippen LogP contribution in [-0.2, 0) is 6.54 Å². The standard InChI is InChI=1S/C14H17N3S/c1-3-12(10-15-13-5-8-18-11-13)9-14(4-1)17-7-2-6-16-17/h1-4,6-7,9,13,15H,5,8,10-11H2. The van der Waals surface area contributed by atoms with Crippen molar-refractivity contribution in [3.63, 3.8) is 0 Å². The van der Waals surface area contributed by atoms with Gasteiger partial charge in [-0.3, -0.25) is 0 Å². The van der Waals surface area contributed by atoms with Gasteiger partial charge in [-0.1, -0.05) is 12.1 Å². The van der Waals surface area contributed by atoms with Gasteiger partial charge in [-0.25, -0.2) is 4.68 Å². The van der Waals surface area contributed by atoms with Gasteiger partial charge < -0.3 is 5.32 Å². The molecule has 1 fully saturated rings. The van der Waals surface area contributed by atoms with Gasteiger partial charge in [0.2, 0.25) is 0 Å². The molecule has 0 saturated carbocycles. The highest BCUT2D eigenvalue weighted by Gasteiger charge is 2.14. The first-order chi connectivity index (χ1) is 8.92. The van der Waals surface area contributed by atoms with Crippen LogP contribution in [0.25, 0.3) is 5.69 Å². The summed E-state index contributed by atoms with van der Waals surface area (Å²) in [6.07, 6.45) is 5.07. The topological polar surface area (TPSA) is 29.9 Å². The SMILES string of the molecule is c1cc(CNC2CCSC2)cc(-n2cccn2)c1. The summed E-state index contributed by atoms with van der Waals surface area (Å²) in [5.41, 5.74) is 2.44. The maximum absolute atomic E-state index is 4.26. The minimum absolute atomic E-state index is 0.684. The van der Waals surface area contributed by atoms with E-state index < -0.39 is 0 Å². The summed E-state index contributed by atoms with van der Waals surface area (Å²) in [5.74, 6) is 2.55. The second kappa shape index (κ2) is 5.59. The molecule has 1 aromatic carbocycles. The quantitative estimate of drug-likeness (QED) is 0.915. The Bertz CT molecular complexity index is 490. The van der Waals surface area contributed by atoms with Crippen LogP contribution in [0.2, 0.25) is 0 Å². The van der Waals surface area contributed by atoms with Crippen LogP contribution in [-0.4, -0.2) is 27.3 Å². The molecule has 1 unspecified atom stereocenters. The van der Waals surface area contributed by atoms with Crippen molar-refractivity contribution in [2.45, 2.75) is 19.0 Å². The molecular weight excluding hydrogens is 242 g/mol. The third kappa shape index (κ3) is 2.76. The van der Waals surface area contributed by atoms with Gasteiger partial charge in [0.1, 0.15) is 0 Å². The van der Waals surface area contributed by atoms with Crippen molar-refractivity contribution in [1.29, 1.82) is 0 Å². The monoisotopic (exact) mass is 259 g/mol. The molecule has 4 heteroatoms. The van der Waals surface area contributed by atoms with Crippen LogP contribution in [0.4, 0.5) is 0 Å². The normalized spacial score (nSPS) is 19.2. The third-order valence-corrected chi connectivity index (χ3v) is 4.37. The Morgan fingerprint density at radius 1 is 1.39 bits per heavy atom. The zero-order valence-corrected chi connectivity index (χ0v) is 11.1. The Labute approximate surface area is 112 Å². The largest absolute Gasteiger partial charge is 0.309 e. The first kappa shape index (κ1) is 11.8. The van der Waals surface area contributed by atoms with Crippen LogP contribution in [0.5, 0.6) is 0 Å². The number of aromatic nitrogens is 2. The molecule has 18 heavy (non-hydrogen) atoms. The van der Waals surface area contributed by atoms with Gasteiger partial charge in [0.05, 0.1) is 5.69 Å². The number of hydrogen-bond acceptors (Lipinski definition) is 3. The highest BCUT2D eigenvalue weighted by molar-refractivity contribution is 7.99.